The zero-order valence-electron chi connectivity index (χ0n) is 43.8. The van der Waals surface area contributed by atoms with Crippen LogP contribution in [0, 0.1) is 0 Å². The molecule has 1 aliphatic heterocycles. The number of rotatable bonds is 20. The quantitative estimate of drug-likeness (QED) is 0.0440. The van der Waals surface area contributed by atoms with Gasteiger partial charge in [0.15, 0.2) is 0 Å². The summed E-state index contributed by atoms with van der Waals surface area (Å²) in [5.41, 5.74) is 20.1. The van der Waals surface area contributed by atoms with Crippen LogP contribution in [-0.2, 0) is 64.0 Å². The number of carbonyl (C=O) groups is 9. The van der Waals surface area contributed by atoms with Gasteiger partial charge in [-0.1, -0.05) is 105 Å². The molecule has 0 aromatic heterocycles. The predicted molar refractivity (Wildman–Crippen MR) is 309 cm³/mol. The zero-order chi connectivity index (χ0) is 58.5. The number of nitrogens with two attached hydrogens (primary N) is 3. The molecule has 1 fully saturated rings. The molecule has 0 spiro atoms. The molecule has 0 saturated carbocycles. The molecule has 2 unspecified atom stereocenters. The van der Waals surface area contributed by atoms with E-state index in [-0.39, 0.29) is 49.2 Å². The number of hydrogen-bond acceptors (Lipinski definition) is 14. The molecule has 1 heterocycles. The molecule has 4 aromatic carbocycles. The lowest BCUT2D eigenvalue weighted by Crippen LogP contribution is -2.62. The van der Waals surface area contributed by atoms with E-state index in [0.717, 1.165) is 21.6 Å². The predicted octanol–water partition coefficient (Wildman–Crippen LogP) is 1.39. The summed E-state index contributed by atoms with van der Waals surface area (Å²) < 4.78 is 0. The normalized spacial score (nSPS) is 21.0. The third kappa shape index (κ3) is 20.9. The average Bonchev–Trinajstić information content (AvgIpc) is 3.42. The molecular weight excluding hydrogens is 1130 g/mol. The highest BCUT2D eigenvalue weighted by molar-refractivity contribution is 8.76. The lowest BCUT2D eigenvalue weighted by Gasteiger charge is -2.29. The number of unbranched alkanes of at least 4 members (excludes halogenated alkanes) is 1. The highest BCUT2D eigenvalue weighted by Crippen LogP contribution is 2.24. The minimum Gasteiger partial charge on any atom is -0.391 e. The van der Waals surface area contributed by atoms with Gasteiger partial charge in [-0.2, -0.15) is 0 Å². The molecule has 0 radical (unpaired) electrons. The van der Waals surface area contributed by atoms with Gasteiger partial charge < -0.3 is 64.8 Å². The van der Waals surface area contributed by atoms with Crippen molar-refractivity contribution in [2.45, 2.75) is 106 Å². The van der Waals surface area contributed by atoms with Crippen LogP contribution in [-0.4, -0.2) is 138 Å². The Labute approximate surface area is 486 Å². The van der Waals surface area contributed by atoms with Gasteiger partial charge in [0.05, 0.1) is 12.1 Å². The Balaban J connectivity index is 1.58. The van der Waals surface area contributed by atoms with E-state index in [9.17, 15) is 48.3 Å². The Morgan fingerprint density at radius 2 is 1.10 bits per heavy atom. The van der Waals surface area contributed by atoms with Gasteiger partial charge >= 0.3 is 0 Å². The second-order valence-electron chi connectivity index (χ2n) is 19.0. The molecule has 5 rings (SSSR count). The van der Waals surface area contributed by atoms with Crippen LogP contribution in [0.2, 0.25) is 15.1 Å². The number of aliphatic hydroxyl groups excluding tert-OH is 1. The number of nitrogens with one attached hydrogen (secondary N) is 8. The van der Waals surface area contributed by atoms with Crippen molar-refractivity contribution in [3.8, 4) is 0 Å². The number of primary amides is 2. The average molecular weight is 1200 g/mol. The van der Waals surface area contributed by atoms with Crippen molar-refractivity contribution in [1.82, 2.24) is 42.5 Å². The minimum atomic E-state index is -1.73. The summed E-state index contributed by atoms with van der Waals surface area (Å²) in [5.74, 6) is -8.27. The monoisotopic (exact) mass is 1200 g/mol. The minimum absolute atomic E-state index is 0.00805. The molecule has 9 amide bonds. The van der Waals surface area contributed by atoms with Gasteiger partial charge in [-0.05, 0) is 117 Å². The van der Waals surface area contributed by atoms with Gasteiger partial charge in [-0.3, -0.25) is 43.2 Å². The highest BCUT2D eigenvalue weighted by Gasteiger charge is 2.36. The van der Waals surface area contributed by atoms with E-state index in [2.05, 4.69) is 42.5 Å². The summed E-state index contributed by atoms with van der Waals surface area (Å²) in [6, 6.07) is 14.0. The third-order valence-corrected chi connectivity index (χ3v) is 15.9. The first-order valence-electron chi connectivity index (χ1n) is 25.5. The molecule has 26 heteroatoms. The fourth-order valence-corrected chi connectivity index (χ4v) is 10.9. The molecule has 21 nitrogen and oxygen atoms in total. The SMILES string of the molecule is CNCCCCC1NC(=O)[C@@H](Cc2ccc(C(N)=O)cc2)NC(=O)[C@H](Cc2ccc(Cl)cc2)NC(=O)[C@H](NC(=O)[C@@H](N)Cc2ccc(Cl)cc2)CSSC[C@@H](C(=O)NC(Cc2ccc(Cl)cc2)C(N)=O)NC(=O)[C@H]([C@@H](C)O)NC1=O. The van der Waals surface area contributed by atoms with Crippen LogP contribution in [0.1, 0.15) is 58.8 Å². The van der Waals surface area contributed by atoms with E-state index in [1.54, 1.807) is 79.8 Å². The van der Waals surface area contributed by atoms with Gasteiger partial charge in [0.25, 0.3) is 0 Å². The Morgan fingerprint density at radius 3 is 1.61 bits per heavy atom. The number of halogens is 3. The first-order valence-corrected chi connectivity index (χ1v) is 29.1. The van der Waals surface area contributed by atoms with Gasteiger partial charge in [-0.15, -0.1) is 0 Å². The molecule has 0 aliphatic carbocycles. The number of hydrogen-bond donors (Lipinski definition) is 12. The van der Waals surface area contributed by atoms with Crippen molar-refractivity contribution in [2.75, 3.05) is 25.1 Å². The van der Waals surface area contributed by atoms with Crippen molar-refractivity contribution < 1.29 is 48.3 Å². The van der Waals surface area contributed by atoms with E-state index >= 15 is 0 Å². The van der Waals surface area contributed by atoms with Crippen LogP contribution in [0.3, 0.4) is 0 Å². The van der Waals surface area contributed by atoms with Crippen LogP contribution in [0.4, 0.5) is 0 Å². The molecule has 15 N–H and O–H groups in total. The van der Waals surface area contributed by atoms with Gasteiger partial charge in [0.1, 0.15) is 42.3 Å². The number of carbonyl (C=O) groups excluding carboxylic acids is 9. The first-order chi connectivity index (χ1) is 38.1. The molecule has 430 valence electrons. The lowest BCUT2D eigenvalue weighted by molar-refractivity contribution is -0.136. The summed E-state index contributed by atoms with van der Waals surface area (Å²) in [5, 5.41) is 34.0. The second-order valence-corrected chi connectivity index (χ2v) is 22.9. The molecular formula is C54H66Cl3N11O10S2. The number of benzene rings is 4. The lowest BCUT2D eigenvalue weighted by atomic mass is 10.00. The van der Waals surface area contributed by atoms with Crippen LogP contribution in [0.5, 0.6) is 0 Å². The van der Waals surface area contributed by atoms with E-state index in [4.69, 9.17) is 52.0 Å². The molecule has 1 aliphatic rings. The smallest absolute Gasteiger partial charge is 0.248 e. The Morgan fingerprint density at radius 1 is 0.625 bits per heavy atom. The van der Waals surface area contributed by atoms with E-state index in [1.807, 2.05) is 0 Å². The maximum atomic E-state index is 14.8. The van der Waals surface area contributed by atoms with Gasteiger partial charge in [-0.25, -0.2) is 0 Å². The topological polar surface area (TPSA) is 348 Å². The Hall–Kier alpha value is -6.44. The fraction of sp³-hybridized carbons (Fsp3) is 0.389. The van der Waals surface area contributed by atoms with Crippen molar-refractivity contribution in [2.24, 2.45) is 17.2 Å². The number of amides is 9. The van der Waals surface area contributed by atoms with E-state index in [1.165, 1.54) is 31.2 Å². The van der Waals surface area contributed by atoms with Crippen molar-refractivity contribution >= 4 is 110 Å². The van der Waals surface area contributed by atoms with Crippen LogP contribution >= 0.6 is 56.4 Å². The molecule has 0 bridgehead atoms. The van der Waals surface area contributed by atoms with Gasteiger partial charge in [0, 0.05) is 51.4 Å². The second kappa shape index (κ2) is 32.1. The highest BCUT2D eigenvalue weighted by atomic mass is 35.5. The zero-order valence-corrected chi connectivity index (χ0v) is 47.7. The van der Waals surface area contributed by atoms with Crippen molar-refractivity contribution in [1.29, 1.82) is 0 Å². The maximum Gasteiger partial charge on any atom is 0.248 e. The third-order valence-electron chi connectivity index (χ3n) is 12.7. The van der Waals surface area contributed by atoms with Crippen molar-refractivity contribution in [3.63, 3.8) is 0 Å². The number of aliphatic hydroxyl groups is 1. The summed E-state index contributed by atoms with van der Waals surface area (Å²) in [6.45, 7) is 1.77. The summed E-state index contributed by atoms with van der Waals surface area (Å²) in [7, 11) is 3.70. The van der Waals surface area contributed by atoms with Crippen LogP contribution in [0.15, 0.2) is 97.1 Å². The fourth-order valence-electron chi connectivity index (χ4n) is 8.17. The molecule has 4 aromatic rings. The maximum absolute atomic E-state index is 14.8. The summed E-state index contributed by atoms with van der Waals surface area (Å²) in [4.78, 5) is 126. The molecule has 80 heavy (non-hydrogen) atoms. The van der Waals surface area contributed by atoms with E-state index in [0.29, 0.717) is 56.7 Å². The first kappa shape index (κ1) is 64.4. The van der Waals surface area contributed by atoms with E-state index < -0.39 is 108 Å². The molecule has 1 saturated heterocycles. The van der Waals surface area contributed by atoms with Crippen molar-refractivity contribution in [3.05, 3.63) is 140 Å². The molecule has 9 atom stereocenters. The van der Waals surface area contributed by atoms with Crippen LogP contribution in [0.25, 0.3) is 0 Å². The summed E-state index contributed by atoms with van der Waals surface area (Å²) >= 11 is 18.4. The summed E-state index contributed by atoms with van der Waals surface area (Å²) in [6.07, 6.45) is -1.07. The largest absolute Gasteiger partial charge is 0.391 e. The van der Waals surface area contributed by atoms with Crippen LogP contribution < -0.4 is 59.7 Å². The Bertz CT molecular complexity index is 2790. The Kier molecular flexibility index (Phi) is 25.8. The standard InChI is InChI=1S/C54H66Cl3N11O10S2/c1-29(69)45-54(78)67-44(52(76)63-40(47(60)71)24-32-10-18-36(56)19-11-32)28-80-79-27-43(66-48(72)38(58)23-30-8-16-35(55)17-9-30)53(77)65-42(26-33-12-20-37(57)21-13-33)51(75)64-41(25-31-6-14-34(15-7-31)46(59)70)50(74)62-39(49(73)68-45)5-3-4-22-61-2/h6-21,29,38-45,61,69H,3-5,22-28,58H2,1-2H3,(H2,59,70)(H2,60,71)(H,62,74)(H,63,76)(H,64,75)(H,65,77)(H,66,72)(H,67,78)(H,68,73)/t29-,38+,39?,40?,41-,42+,43-,44+,45+/m1/s1. The van der Waals surface area contributed by atoms with Gasteiger partial charge in [0.2, 0.25) is 53.2 Å².